The number of rotatable bonds is 3. The van der Waals surface area contributed by atoms with Crippen molar-refractivity contribution in [2.24, 2.45) is 0 Å². The van der Waals surface area contributed by atoms with Gasteiger partial charge in [-0.05, 0) is 24.6 Å². The van der Waals surface area contributed by atoms with E-state index in [-0.39, 0.29) is 5.56 Å². The molecule has 106 valence electrons. The first-order valence-electron chi connectivity index (χ1n) is 6.78. The van der Waals surface area contributed by atoms with Crippen LogP contribution >= 0.6 is 0 Å². The number of aromatic amines is 1. The van der Waals surface area contributed by atoms with Crippen molar-refractivity contribution in [2.45, 2.75) is 13.3 Å². The summed E-state index contributed by atoms with van der Waals surface area (Å²) < 4.78 is 5.18. The zero-order valence-corrected chi connectivity index (χ0v) is 12.0. The molecule has 0 bridgehead atoms. The van der Waals surface area contributed by atoms with Gasteiger partial charge in [0.25, 0.3) is 5.56 Å². The quantitative estimate of drug-likeness (QED) is 0.802. The first-order chi connectivity index (χ1) is 10.2. The van der Waals surface area contributed by atoms with E-state index in [0.717, 1.165) is 5.56 Å². The lowest BCUT2D eigenvalue weighted by Gasteiger charge is -2.05. The lowest BCUT2D eigenvalue weighted by Crippen LogP contribution is -2.12. The Labute approximate surface area is 122 Å². The zero-order valence-electron chi connectivity index (χ0n) is 12.0. The van der Waals surface area contributed by atoms with E-state index in [1.807, 2.05) is 19.1 Å². The number of fused-ring (bicyclic) bond motifs is 1. The van der Waals surface area contributed by atoms with Crippen molar-refractivity contribution >= 4 is 10.9 Å². The number of hydrogen-bond donors (Lipinski definition) is 1. The van der Waals surface area contributed by atoms with Gasteiger partial charge in [-0.1, -0.05) is 29.8 Å². The molecule has 2 aromatic carbocycles. The number of nitrogens with zero attached hydrogens (tertiary/aromatic N) is 1. The Morgan fingerprint density at radius 2 is 1.90 bits per heavy atom. The molecule has 1 N–H and O–H groups in total. The molecule has 3 aromatic rings. The van der Waals surface area contributed by atoms with Crippen LogP contribution in [-0.2, 0) is 6.42 Å². The Balaban J connectivity index is 2.02. The molecular formula is C17H16N2O2. The highest BCUT2D eigenvalue weighted by atomic mass is 16.5. The standard InChI is InChI=1S/C17H16N2O2/c1-11-3-5-12(6-4-11)9-16-18-15-10-13(21-2)7-8-14(15)17(20)19-16/h3-8,10H,9H2,1-2H3,(H,18,19,20). The topological polar surface area (TPSA) is 55.0 Å². The van der Waals surface area contributed by atoms with E-state index < -0.39 is 0 Å². The minimum Gasteiger partial charge on any atom is -0.497 e. The van der Waals surface area contributed by atoms with Crippen LogP contribution in [0.2, 0.25) is 0 Å². The van der Waals surface area contributed by atoms with Gasteiger partial charge in [-0.15, -0.1) is 0 Å². The van der Waals surface area contributed by atoms with E-state index >= 15 is 0 Å². The fourth-order valence-electron chi connectivity index (χ4n) is 2.28. The molecule has 4 nitrogen and oxygen atoms in total. The molecule has 0 aliphatic heterocycles. The highest BCUT2D eigenvalue weighted by Crippen LogP contribution is 2.17. The van der Waals surface area contributed by atoms with Gasteiger partial charge in [-0.2, -0.15) is 0 Å². The second-order valence-electron chi connectivity index (χ2n) is 5.06. The smallest absolute Gasteiger partial charge is 0.258 e. The second-order valence-corrected chi connectivity index (χ2v) is 5.06. The Kier molecular flexibility index (Phi) is 3.44. The molecule has 0 radical (unpaired) electrons. The Bertz CT molecular complexity index is 836. The Hall–Kier alpha value is -2.62. The normalized spacial score (nSPS) is 10.8. The fourth-order valence-corrected chi connectivity index (χ4v) is 2.28. The summed E-state index contributed by atoms with van der Waals surface area (Å²) >= 11 is 0. The summed E-state index contributed by atoms with van der Waals surface area (Å²) in [6.45, 7) is 2.05. The molecule has 0 spiro atoms. The van der Waals surface area contributed by atoms with Gasteiger partial charge < -0.3 is 9.72 Å². The number of aryl methyl sites for hydroxylation is 1. The molecule has 0 aliphatic rings. The molecule has 3 rings (SSSR count). The minimum absolute atomic E-state index is 0.121. The SMILES string of the molecule is COc1ccc2c(=O)[nH]c(Cc3ccc(C)cc3)nc2c1. The first-order valence-corrected chi connectivity index (χ1v) is 6.78. The molecular weight excluding hydrogens is 264 g/mol. The number of aromatic nitrogens is 2. The second kappa shape index (κ2) is 5.40. The van der Waals surface area contributed by atoms with Crippen LogP contribution in [0.15, 0.2) is 47.3 Å². The summed E-state index contributed by atoms with van der Waals surface area (Å²) in [5, 5.41) is 0.573. The van der Waals surface area contributed by atoms with Crippen molar-refractivity contribution in [3.8, 4) is 5.75 Å². The number of ether oxygens (including phenoxy) is 1. The average molecular weight is 280 g/mol. The van der Waals surface area contributed by atoms with Crippen LogP contribution in [-0.4, -0.2) is 17.1 Å². The Morgan fingerprint density at radius 3 is 2.62 bits per heavy atom. The molecule has 1 aromatic heterocycles. The van der Waals surface area contributed by atoms with Gasteiger partial charge in [-0.3, -0.25) is 4.79 Å². The molecule has 0 unspecified atom stereocenters. The summed E-state index contributed by atoms with van der Waals surface area (Å²) in [6.07, 6.45) is 0.600. The van der Waals surface area contributed by atoms with E-state index in [2.05, 4.69) is 22.1 Å². The number of methoxy groups -OCH3 is 1. The maximum absolute atomic E-state index is 12.1. The summed E-state index contributed by atoms with van der Waals surface area (Å²) in [4.78, 5) is 19.5. The van der Waals surface area contributed by atoms with Crippen LogP contribution in [0.3, 0.4) is 0 Å². The highest BCUT2D eigenvalue weighted by molar-refractivity contribution is 5.79. The fraction of sp³-hybridized carbons (Fsp3) is 0.176. The van der Waals surface area contributed by atoms with Crippen LogP contribution in [0.4, 0.5) is 0 Å². The molecule has 4 heteroatoms. The van der Waals surface area contributed by atoms with Crippen LogP contribution in [0.1, 0.15) is 17.0 Å². The third-order valence-corrected chi connectivity index (χ3v) is 3.45. The predicted octanol–water partition coefficient (Wildman–Crippen LogP) is 2.83. The third-order valence-electron chi connectivity index (χ3n) is 3.45. The molecule has 0 saturated heterocycles. The van der Waals surface area contributed by atoms with Gasteiger partial charge in [-0.25, -0.2) is 4.98 Å². The van der Waals surface area contributed by atoms with E-state index in [4.69, 9.17) is 4.74 Å². The van der Waals surface area contributed by atoms with Gasteiger partial charge >= 0.3 is 0 Å². The van der Waals surface area contributed by atoms with Crippen LogP contribution < -0.4 is 10.3 Å². The maximum atomic E-state index is 12.1. The molecule has 0 saturated carbocycles. The predicted molar refractivity (Wildman–Crippen MR) is 82.9 cm³/mol. The Morgan fingerprint density at radius 1 is 1.14 bits per heavy atom. The minimum atomic E-state index is -0.121. The summed E-state index contributed by atoms with van der Waals surface area (Å²) in [7, 11) is 1.60. The molecule has 0 amide bonds. The number of hydrogen-bond acceptors (Lipinski definition) is 3. The number of H-pyrrole nitrogens is 1. The van der Waals surface area contributed by atoms with Gasteiger partial charge in [0.15, 0.2) is 0 Å². The third kappa shape index (κ3) is 2.79. The summed E-state index contributed by atoms with van der Waals surface area (Å²) in [5.41, 5.74) is 2.86. The summed E-state index contributed by atoms with van der Waals surface area (Å²) in [5.74, 6) is 1.35. The summed E-state index contributed by atoms with van der Waals surface area (Å²) in [6, 6.07) is 13.5. The average Bonchev–Trinajstić information content (AvgIpc) is 2.49. The van der Waals surface area contributed by atoms with Gasteiger partial charge in [0.1, 0.15) is 11.6 Å². The molecule has 0 atom stereocenters. The van der Waals surface area contributed by atoms with Crippen LogP contribution in [0.25, 0.3) is 10.9 Å². The number of nitrogens with one attached hydrogen (secondary N) is 1. The van der Waals surface area contributed by atoms with E-state index in [1.165, 1.54) is 5.56 Å². The lowest BCUT2D eigenvalue weighted by molar-refractivity contribution is 0.415. The highest BCUT2D eigenvalue weighted by Gasteiger charge is 2.06. The van der Waals surface area contributed by atoms with E-state index in [0.29, 0.717) is 28.9 Å². The van der Waals surface area contributed by atoms with E-state index in [9.17, 15) is 4.79 Å². The monoisotopic (exact) mass is 280 g/mol. The van der Waals surface area contributed by atoms with Gasteiger partial charge in [0, 0.05) is 12.5 Å². The lowest BCUT2D eigenvalue weighted by atomic mass is 10.1. The number of benzene rings is 2. The van der Waals surface area contributed by atoms with E-state index in [1.54, 1.807) is 25.3 Å². The van der Waals surface area contributed by atoms with Crippen LogP contribution in [0.5, 0.6) is 5.75 Å². The van der Waals surface area contributed by atoms with Crippen molar-refractivity contribution in [1.29, 1.82) is 0 Å². The molecule has 1 heterocycles. The zero-order chi connectivity index (χ0) is 14.8. The maximum Gasteiger partial charge on any atom is 0.258 e. The van der Waals surface area contributed by atoms with Crippen LogP contribution in [0, 0.1) is 6.92 Å². The molecule has 0 fully saturated rings. The van der Waals surface area contributed by atoms with Crippen molar-refractivity contribution in [3.63, 3.8) is 0 Å². The van der Waals surface area contributed by atoms with Gasteiger partial charge in [0.05, 0.1) is 18.0 Å². The van der Waals surface area contributed by atoms with Crippen molar-refractivity contribution < 1.29 is 4.74 Å². The molecule has 21 heavy (non-hydrogen) atoms. The largest absolute Gasteiger partial charge is 0.497 e. The van der Waals surface area contributed by atoms with Crippen molar-refractivity contribution in [2.75, 3.05) is 7.11 Å². The van der Waals surface area contributed by atoms with Crippen molar-refractivity contribution in [3.05, 3.63) is 69.8 Å². The van der Waals surface area contributed by atoms with Gasteiger partial charge in [0.2, 0.25) is 0 Å². The molecule has 0 aliphatic carbocycles. The first kappa shape index (κ1) is 13.4. The van der Waals surface area contributed by atoms with Crippen molar-refractivity contribution in [1.82, 2.24) is 9.97 Å².